The number of carbonyl (C=O) groups excluding carboxylic acids is 2. The zero-order chi connectivity index (χ0) is 13.8. The molecule has 2 N–H and O–H groups in total. The molecule has 1 fully saturated rings. The molecule has 19 heavy (non-hydrogen) atoms. The molecule has 1 aromatic rings. The Morgan fingerprint density at radius 3 is 3.05 bits per heavy atom. The van der Waals surface area contributed by atoms with Gasteiger partial charge in [-0.25, -0.2) is 14.8 Å². The van der Waals surface area contributed by atoms with Crippen LogP contribution >= 0.6 is 11.8 Å². The van der Waals surface area contributed by atoms with E-state index in [9.17, 15) is 9.59 Å². The van der Waals surface area contributed by atoms with E-state index < -0.39 is 5.97 Å². The van der Waals surface area contributed by atoms with E-state index in [4.69, 9.17) is 15.2 Å². The molecular formula is C11H13N3O4S. The molecule has 0 unspecified atom stereocenters. The normalized spacial score (nSPS) is 18.2. The van der Waals surface area contributed by atoms with Crippen LogP contribution in [-0.4, -0.2) is 40.4 Å². The van der Waals surface area contributed by atoms with Crippen molar-refractivity contribution in [3.8, 4) is 0 Å². The standard InChI is InChI=1S/C11H13N3O4S/c1-2-17-9(15)6-5-13-11(14-8(6)12)19-7-3-4-18-10(7)16/h5,7H,2-4H2,1H3,(H2,12,13,14)/t7-/m1/s1. The first-order valence-corrected chi connectivity index (χ1v) is 6.62. The quantitative estimate of drug-likeness (QED) is 0.634. The monoisotopic (exact) mass is 283 g/mol. The number of hydrogen-bond acceptors (Lipinski definition) is 8. The SMILES string of the molecule is CCOC(=O)c1cnc(S[C@@H]2CCOC2=O)nc1N. The van der Waals surface area contributed by atoms with Crippen molar-refractivity contribution in [3.63, 3.8) is 0 Å². The van der Waals surface area contributed by atoms with Gasteiger partial charge in [-0.05, 0) is 6.92 Å². The summed E-state index contributed by atoms with van der Waals surface area (Å²) in [6.07, 6.45) is 1.93. The lowest BCUT2D eigenvalue weighted by molar-refractivity contribution is -0.137. The van der Waals surface area contributed by atoms with Gasteiger partial charge in [-0.2, -0.15) is 0 Å². The van der Waals surface area contributed by atoms with Crippen molar-refractivity contribution >= 4 is 29.5 Å². The van der Waals surface area contributed by atoms with Gasteiger partial charge in [0, 0.05) is 12.6 Å². The second kappa shape index (κ2) is 5.87. The van der Waals surface area contributed by atoms with Crippen LogP contribution in [0.2, 0.25) is 0 Å². The topological polar surface area (TPSA) is 104 Å². The fraction of sp³-hybridized carbons (Fsp3) is 0.455. The van der Waals surface area contributed by atoms with Crippen LogP contribution in [0.3, 0.4) is 0 Å². The molecule has 1 aliphatic rings. The fourth-order valence-corrected chi connectivity index (χ4v) is 2.41. The molecule has 2 rings (SSSR count). The first-order valence-electron chi connectivity index (χ1n) is 5.74. The van der Waals surface area contributed by atoms with Crippen molar-refractivity contribution in [1.82, 2.24) is 9.97 Å². The molecule has 1 atom stereocenters. The Hall–Kier alpha value is -1.83. The number of esters is 2. The summed E-state index contributed by atoms with van der Waals surface area (Å²) in [6.45, 7) is 2.36. The van der Waals surface area contributed by atoms with Crippen LogP contribution in [0.4, 0.5) is 5.82 Å². The number of nitrogens with zero attached hydrogens (tertiary/aromatic N) is 2. The highest BCUT2D eigenvalue weighted by Crippen LogP contribution is 2.27. The molecule has 8 heteroatoms. The van der Waals surface area contributed by atoms with Gasteiger partial charge in [0.2, 0.25) is 0 Å². The molecular weight excluding hydrogens is 270 g/mol. The van der Waals surface area contributed by atoms with Crippen LogP contribution < -0.4 is 5.73 Å². The zero-order valence-corrected chi connectivity index (χ0v) is 11.1. The second-order valence-electron chi connectivity index (χ2n) is 3.73. The van der Waals surface area contributed by atoms with Gasteiger partial charge >= 0.3 is 11.9 Å². The molecule has 0 amide bonds. The van der Waals surface area contributed by atoms with Gasteiger partial charge in [-0.15, -0.1) is 0 Å². The number of thioether (sulfide) groups is 1. The highest BCUT2D eigenvalue weighted by molar-refractivity contribution is 8.00. The fourth-order valence-electron chi connectivity index (χ4n) is 1.51. The Balaban J connectivity index is 2.10. The maximum absolute atomic E-state index is 11.5. The lowest BCUT2D eigenvalue weighted by atomic mass is 10.3. The average molecular weight is 283 g/mol. The van der Waals surface area contributed by atoms with Gasteiger partial charge < -0.3 is 15.2 Å². The number of nitrogen functional groups attached to an aromatic ring is 1. The maximum Gasteiger partial charge on any atom is 0.343 e. The number of anilines is 1. The van der Waals surface area contributed by atoms with E-state index >= 15 is 0 Å². The number of cyclic esters (lactones) is 1. The summed E-state index contributed by atoms with van der Waals surface area (Å²) in [5.74, 6) is -0.791. The number of ether oxygens (including phenoxy) is 2. The van der Waals surface area contributed by atoms with E-state index in [-0.39, 0.29) is 29.2 Å². The number of rotatable bonds is 4. The van der Waals surface area contributed by atoms with Gasteiger partial charge in [0.05, 0.1) is 13.2 Å². The van der Waals surface area contributed by atoms with Gasteiger partial charge in [0.1, 0.15) is 16.6 Å². The Morgan fingerprint density at radius 2 is 2.47 bits per heavy atom. The van der Waals surface area contributed by atoms with Crippen molar-refractivity contribution in [2.75, 3.05) is 18.9 Å². The molecule has 102 valence electrons. The summed E-state index contributed by atoms with van der Waals surface area (Å²) in [7, 11) is 0. The minimum Gasteiger partial charge on any atom is -0.465 e. The van der Waals surface area contributed by atoms with Crippen molar-refractivity contribution in [2.45, 2.75) is 23.8 Å². The summed E-state index contributed by atoms with van der Waals surface area (Å²) in [4.78, 5) is 30.8. The summed E-state index contributed by atoms with van der Waals surface area (Å²) in [5, 5.41) is 0.0299. The number of aromatic nitrogens is 2. The molecule has 1 aromatic heterocycles. The van der Waals surface area contributed by atoms with Crippen LogP contribution in [0.25, 0.3) is 0 Å². The van der Waals surface area contributed by atoms with Crippen molar-refractivity contribution in [3.05, 3.63) is 11.8 Å². The average Bonchev–Trinajstić information content (AvgIpc) is 2.75. The van der Waals surface area contributed by atoms with E-state index in [2.05, 4.69) is 9.97 Å². The van der Waals surface area contributed by atoms with E-state index in [1.54, 1.807) is 6.92 Å². The van der Waals surface area contributed by atoms with Crippen LogP contribution in [0, 0.1) is 0 Å². The molecule has 0 radical (unpaired) electrons. The minimum atomic E-state index is -0.558. The van der Waals surface area contributed by atoms with Crippen LogP contribution in [-0.2, 0) is 14.3 Å². The highest BCUT2D eigenvalue weighted by Gasteiger charge is 2.28. The second-order valence-corrected chi connectivity index (χ2v) is 4.90. The Bertz CT molecular complexity index is 509. The lowest BCUT2D eigenvalue weighted by Crippen LogP contribution is -2.13. The molecule has 7 nitrogen and oxygen atoms in total. The third kappa shape index (κ3) is 3.14. The van der Waals surface area contributed by atoms with Gasteiger partial charge in [-0.3, -0.25) is 4.79 Å². The summed E-state index contributed by atoms with van der Waals surface area (Å²) in [6, 6.07) is 0. The maximum atomic E-state index is 11.5. The first kappa shape index (κ1) is 13.6. The van der Waals surface area contributed by atoms with Gasteiger partial charge in [-0.1, -0.05) is 11.8 Å². The third-order valence-corrected chi connectivity index (χ3v) is 3.55. The van der Waals surface area contributed by atoms with Crippen LogP contribution in [0.5, 0.6) is 0 Å². The number of nitrogens with two attached hydrogens (primary N) is 1. The molecule has 2 heterocycles. The Labute approximate surface area is 113 Å². The smallest absolute Gasteiger partial charge is 0.343 e. The van der Waals surface area contributed by atoms with E-state index in [1.807, 2.05) is 0 Å². The summed E-state index contributed by atoms with van der Waals surface area (Å²) >= 11 is 1.18. The zero-order valence-electron chi connectivity index (χ0n) is 10.3. The minimum absolute atomic E-state index is 0.0438. The highest BCUT2D eigenvalue weighted by atomic mass is 32.2. The third-order valence-electron chi connectivity index (χ3n) is 2.43. The van der Waals surface area contributed by atoms with Crippen molar-refractivity contribution in [1.29, 1.82) is 0 Å². The van der Waals surface area contributed by atoms with Gasteiger partial charge in [0.25, 0.3) is 0 Å². The summed E-state index contributed by atoms with van der Waals surface area (Å²) < 4.78 is 9.66. The number of carbonyl (C=O) groups is 2. The molecule has 1 saturated heterocycles. The Morgan fingerprint density at radius 1 is 1.68 bits per heavy atom. The predicted molar refractivity (Wildman–Crippen MR) is 67.6 cm³/mol. The van der Waals surface area contributed by atoms with E-state index in [0.717, 1.165) is 0 Å². The van der Waals surface area contributed by atoms with E-state index in [0.29, 0.717) is 18.2 Å². The Kier molecular flexibility index (Phi) is 4.20. The molecule has 0 bridgehead atoms. The van der Waals surface area contributed by atoms with E-state index in [1.165, 1.54) is 18.0 Å². The van der Waals surface area contributed by atoms with Crippen LogP contribution in [0.1, 0.15) is 23.7 Å². The number of hydrogen-bond donors (Lipinski definition) is 1. The predicted octanol–water partition coefficient (Wildman–Crippen LogP) is 0.643. The summed E-state index contributed by atoms with van der Waals surface area (Å²) in [5.41, 5.74) is 5.81. The van der Waals surface area contributed by atoms with Crippen LogP contribution in [0.15, 0.2) is 11.4 Å². The van der Waals surface area contributed by atoms with Crippen molar-refractivity contribution in [2.24, 2.45) is 0 Å². The molecule has 1 aliphatic heterocycles. The van der Waals surface area contributed by atoms with Crippen molar-refractivity contribution < 1.29 is 19.1 Å². The lowest BCUT2D eigenvalue weighted by Gasteiger charge is -2.07. The first-order chi connectivity index (χ1) is 9.11. The van der Waals surface area contributed by atoms with Gasteiger partial charge in [0.15, 0.2) is 5.16 Å². The molecule has 0 aromatic carbocycles. The largest absolute Gasteiger partial charge is 0.465 e. The molecule has 0 spiro atoms. The molecule has 0 aliphatic carbocycles. The molecule has 0 saturated carbocycles.